The molecule has 0 saturated heterocycles. The number of carbonyl (C=O) groups is 2. The number of H-pyrrole nitrogens is 1. The average Bonchev–Trinajstić information content (AvgIpc) is 3.10. The SMILES string of the molecule is CCc1cccc2c(C(=O)COC(=O)c3ccccc3[S@](C)=O)c[nH]c12. The van der Waals surface area contributed by atoms with Crippen molar-refractivity contribution in [3.63, 3.8) is 0 Å². The molecule has 0 spiro atoms. The number of hydrogen-bond acceptors (Lipinski definition) is 4. The van der Waals surface area contributed by atoms with Crippen LogP contribution in [0.1, 0.15) is 33.2 Å². The Hall–Kier alpha value is -2.73. The van der Waals surface area contributed by atoms with Gasteiger partial charge in [-0.25, -0.2) is 4.79 Å². The Balaban J connectivity index is 1.78. The van der Waals surface area contributed by atoms with E-state index in [4.69, 9.17) is 4.74 Å². The minimum Gasteiger partial charge on any atom is -0.454 e. The summed E-state index contributed by atoms with van der Waals surface area (Å²) in [4.78, 5) is 28.3. The first kappa shape index (κ1) is 18.1. The number of nitrogens with one attached hydrogen (secondary N) is 1. The van der Waals surface area contributed by atoms with Crippen molar-refractivity contribution in [2.45, 2.75) is 18.2 Å². The fourth-order valence-electron chi connectivity index (χ4n) is 2.91. The topological polar surface area (TPSA) is 76.2 Å². The molecular formula is C20H19NO4S. The summed E-state index contributed by atoms with van der Waals surface area (Å²) >= 11 is 0. The number of aromatic amines is 1. The standard InChI is InChI=1S/C20H19NO4S/c1-3-13-7-6-9-14-16(11-21-19(13)14)17(22)12-25-20(23)15-8-4-5-10-18(15)26(2)24/h4-11,21H,3,12H2,1-2H3/t26-/m0/s1. The van der Waals surface area contributed by atoms with Crippen LogP contribution in [0.15, 0.2) is 53.6 Å². The van der Waals surface area contributed by atoms with E-state index in [1.165, 1.54) is 6.26 Å². The summed E-state index contributed by atoms with van der Waals surface area (Å²) in [5, 5.41) is 0.820. The summed E-state index contributed by atoms with van der Waals surface area (Å²) in [6.07, 6.45) is 4.00. The maximum Gasteiger partial charge on any atom is 0.339 e. The Labute approximate surface area is 153 Å². The van der Waals surface area contributed by atoms with E-state index in [9.17, 15) is 13.8 Å². The maximum atomic E-state index is 12.5. The number of aryl methyl sites for hydroxylation is 1. The van der Waals surface area contributed by atoms with Crippen molar-refractivity contribution in [1.82, 2.24) is 4.98 Å². The zero-order valence-electron chi connectivity index (χ0n) is 14.6. The molecule has 0 bridgehead atoms. The van der Waals surface area contributed by atoms with E-state index in [2.05, 4.69) is 4.98 Å². The van der Waals surface area contributed by atoms with Crippen molar-refractivity contribution in [1.29, 1.82) is 0 Å². The van der Waals surface area contributed by atoms with Gasteiger partial charge in [-0.1, -0.05) is 37.3 Å². The van der Waals surface area contributed by atoms with Crippen molar-refractivity contribution in [3.05, 3.63) is 65.4 Å². The molecule has 2 aromatic carbocycles. The molecular weight excluding hydrogens is 350 g/mol. The smallest absolute Gasteiger partial charge is 0.339 e. The third-order valence-electron chi connectivity index (χ3n) is 4.23. The van der Waals surface area contributed by atoms with Crippen molar-refractivity contribution in [2.24, 2.45) is 0 Å². The first-order chi connectivity index (χ1) is 12.5. The summed E-state index contributed by atoms with van der Waals surface area (Å²) in [7, 11) is -1.32. The molecule has 1 atom stereocenters. The molecule has 1 N–H and O–H groups in total. The number of ether oxygens (including phenoxy) is 1. The second kappa shape index (κ2) is 7.66. The van der Waals surface area contributed by atoms with Gasteiger partial charge in [0.15, 0.2) is 6.61 Å². The van der Waals surface area contributed by atoms with Crippen LogP contribution in [-0.4, -0.2) is 33.8 Å². The lowest BCUT2D eigenvalue weighted by molar-refractivity contribution is 0.0471. The van der Waals surface area contributed by atoms with Gasteiger partial charge in [0, 0.05) is 28.9 Å². The highest BCUT2D eigenvalue weighted by molar-refractivity contribution is 7.84. The van der Waals surface area contributed by atoms with Crippen LogP contribution < -0.4 is 0 Å². The van der Waals surface area contributed by atoms with Crippen LogP contribution >= 0.6 is 0 Å². The number of aromatic nitrogens is 1. The molecule has 0 aliphatic carbocycles. The molecule has 0 aliphatic heterocycles. The van der Waals surface area contributed by atoms with Crippen LogP contribution in [-0.2, 0) is 22.0 Å². The fraction of sp³-hybridized carbons (Fsp3) is 0.200. The van der Waals surface area contributed by atoms with Crippen LogP contribution in [0.3, 0.4) is 0 Å². The molecule has 1 heterocycles. The molecule has 0 fully saturated rings. The van der Waals surface area contributed by atoms with Crippen LogP contribution in [0.5, 0.6) is 0 Å². The normalized spacial score (nSPS) is 12.1. The quantitative estimate of drug-likeness (QED) is 0.533. The first-order valence-corrected chi connectivity index (χ1v) is 9.80. The van der Waals surface area contributed by atoms with Gasteiger partial charge in [0.25, 0.3) is 0 Å². The van der Waals surface area contributed by atoms with Gasteiger partial charge in [0.05, 0.1) is 21.3 Å². The number of carbonyl (C=O) groups excluding carboxylic acids is 2. The van der Waals surface area contributed by atoms with Crippen LogP contribution in [0.2, 0.25) is 0 Å². The second-order valence-corrected chi connectivity index (χ2v) is 7.19. The third-order valence-corrected chi connectivity index (χ3v) is 5.21. The molecule has 0 radical (unpaired) electrons. The van der Waals surface area contributed by atoms with Gasteiger partial charge in [0.2, 0.25) is 5.78 Å². The van der Waals surface area contributed by atoms with Crippen molar-refractivity contribution in [3.8, 4) is 0 Å². The van der Waals surface area contributed by atoms with Crippen molar-refractivity contribution >= 4 is 33.5 Å². The largest absolute Gasteiger partial charge is 0.454 e. The van der Waals surface area contributed by atoms with Crippen LogP contribution in [0.4, 0.5) is 0 Å². The van der Waals surface area contributed by atoms with Gasteiger partial charge in [-0.05, 0) is 24.1 Å². The lowest BCUT2D eigenvalue weighted by atomic mass is 10.1. The summed E-state index contributed by atoms with van der Waals surface area (Å²) in [6.45, 7) is 1.68. The predicted octanol–water partition coefficient (Wildman–Crippen LogP) is 3.51. The molecule has 0 unspecified atom stereocenters. The Kier molecular flexibility index (Phi) is 5.32. The van der Waals surface area contributed by atoms with Crippen LogP contribution in [0.25, 0.3) is 10.9 Å². The Bertz CT molecular complexity index is 1010. The van der Waals surface area contributed by atoms with E-state index in [1.54, 1.807) is 30.5 Å². The number of rotatable bonds is 6. The molecule has 26 heavy (non-hydrogen) atoms. The summed E-state index contributed by atoms with van der Waals surface area (Å²) in [6, 6.07) is 12.3. The maximum absolute atomic E-state index is 12.5. The fourth-order valence-corrected chi connectivity index (χ4v) is 3.65. The molecule has 134 valence electrons. The van der Waals surface area contributed by atoms with Crippen LogP contribution in [0, 0.1) is 0 Å². The molecule has 3 aromatic rings. The van der Waals surface area contributed by atoms with E-state index < -0.39 is 16.8 Å². The highest BCUT2D eigenvalue weighted by Crippen LogP contribution is 2.23. The molecule has 5 nitrogen and oxygen atoms in total. The zero-order valence-corrected chi connectivity index (χ0v) is 15.4. The number of fused-ring (bicyclic) bond motifs is 1. The monoisotopic (exact) mass is 369 g/mol. The Morgan fingerprint density at radius 2 is 1.85 bits per heavy atom. The predicted molar refractivity (Wildman–Crippen MR) is 101 cm³/mol. The summed E-state index contributed by atoms with van der Waals surface area (Å²) < 4.78 is 16.9. The van der Waals surface area contributed by atoms with Gasteiger partial charge in [-0.3, -0.25) is 9.00 Å². The molecule has 0 amide bonds. The highest BCUT2D eigenvalue weighted by atomic mass is 32.2. The summed E-state index contributed by atoms with van der Waals surface area (Å²) in [5.41, 5.74) is 2.76. The second-order valence-electron chi connectivity index (χ2n) is 5.85. The molecule has 3 rings (SSSR count). The first-order valence-electron chi connectivity index (χ1n) is 8.24. The number of Topliss-reactive ketones (excluding diaryl/α,β-unsaturated/α-hetero) is 1. The average molecular weight is 369 g/mol. The lowest BCUT2D eigenvalue weighted by Gasteiger charge is -2.07. The van der Waals surface area contributed by atoms with Gasteiger partial charge in [-0.15, -0.1) is 0 Å². The van der Waals surface area contributed by atoms with Crippen molar-refractivity contribution < 1.29 is 18.5 Å². The minimum atomic E-state index is -1.32. The van der Waals surface area contributed by atoms with E-state index in [-0.39, 0.29) is 18.0 Å². The van der Waals surface area contributed by atoms with Gasteiger partial charge < -0.3 is 9.72 Å². The molecule has 0 saturated carbocycles. The Morgan fingerprint density at radius 3 is 2.58 bits per heavy atom. The number of esters is 1. The minimum absolute atomic E-state index is 0.216. The van der Waals surface area contributed by atoms with E-state index in [0.717, 1.165) is 22.9 Å². The highest BCUT2D eigenvalue weighted by Gasteiger charge is 2.18. The van der Waals surface area contributed by atoms with Gasteiger partial charge in [-0.2, -0.15) is 0 Å². The van der Waals surface area contributed by atoms with E-state index in [0.29, 0.717) is 10.5 Å². The summed E-state index contributed by atoms with van der Waals surface area (Å²) in [5.74, 6) is -0.939. The number of para-hydroxylation sites is 1. The molecule has 1 aromatic heterocycles. The number of benzene rings is 2. The van der Waals surface area contributed by atoms with Gasteiger partial charge >= 0.3 is 5.97 Å². The van der Waals surface area contributed by atoms with E-state index in [1.807, 2.05) is 25.1 Å². The third kappa shape index (κ3) is 3.46. The molecule has 6 heteroatoms. The lowest BCUT2D eigenvalue weighted by Crippen LogP contribution is -2.15. The van der Waals surface area contributed by atoms with Gasteiger partial charge in [0.1, 0.15) is 0 Å². The Morgan fingerprint density at radius 1 is 1.08 bits per heavy atom. The number of ketones is 1. The number of hydrogen-bond donors (Lipinski definition) is 1. The zero-order chi connectivity index (χ0) is 18.7. The van der Waals surface area contributed by atoms with Crippen molar-refractivity contribution in [2.75, 3.05) is 12.9 Å². The van der Waals surface area contributed by atoms with E-state index >= 15 is 0 Å². The molecule has 0 aliphatic rings.